The Hall–Kier alpha value is -2.11. The van der Waals surface area contributed by atoms with Gasteiger partial charge in [-0.05, 0) is 32.4 Å². The summed E-state index contributed by atoms with van der Waals surface area (Å²) in [6.45, 7) is 7.52. The van der Waals surface area contributed by atoms with E-state index in [0.29, 0.717) is 24.5 Å². The number of hydrogen-bond donors (Lipinski definition) is 2. The van der Waals surface area contributed by atoms with Crippen molar-refractivity contribution in [1.82, 2.24) is 15.2 Å². The van der Waals surface area contributed by atoms with E-state index in [1.165, 1.54) is 0 Å². The van der Waals surface area contributed by atoms with Crippen molar-refractivity contribution in [2.75, 3.05) is 25.0 Å². The Labute approximate surface area is 124 Å². The molecule has 1 aromatic rings. The second kappa shape index (κ2) is 6.56. The van der Waals surface area contributed by atoms with Gasteiger partial charge in [-0.15, -0.1) is 0 Å². The van der Waals surface area contributed by atoms with Crippen LogP contribution in [0.1, 0.15) is 36.3 Å². The van der Waals surface area contributed by atoms with E-state index in [2.05, 4.69) is 22.5 Å². The van der Waals surface area contributed by atoms with E-state index >= 15 is 0 Å². The van der Waals surface area contributed by atoms with Gasteiger partial charge in [-0.2, -0.15) is 0 Å². The van der Waals surface area contributed by atoms with E-state index in [0.717, 1.165) is 18.7 Å². The summed E-state index contributed by atoms with van der Waals surface area (Å²) in [4.78, 5) is 30.3. The average molecular weight is 290 g/mol. The van der Waals surface area contributed by atoms with Crippen molar-refractivity contribution in [3.8, 4) is 0 Å². The lowest BCUT2D eigenvalue weighted by Gasteiger charge is -2.33. The Kier molecular flexibility index (Phi) is 4.77. The molecule has 0 saturated carbocycles. The van der Waals surface area contributed by atoms with E-state index in [4.69, 9.17) is 0 Å². The van der Waals surface area contributed by atoms with Crippen LogP contribution in [0.3, 0.4) is 0 Å². The fraction of sp³-hybridized carbons (Fsp3) is 0.533. The van der Waals surface area contributed by atoms with Crippen LogP contribution in [0.5, 0.6) is 0 Å². The van der Waals surface area contributed by atoms with Crippen molar-refractivity contribution in [3.05, 3.63) is 23.4 Å². The molecular weight excluding hydrogens is 268 g/mol. The van der Waals surface area contributed by atoms with Gasteiger partial charge in [0.25, 0.3) is 5.91 Å². The van der Waals surface area contributed by atoms with Crippen LogP contribution < -0.4 is 10.6 Å². The first-order chi connectivity index (χ1) is 10.0. The number of aryl methyl sites for hydroxylation is 1. The summed E-state index contributed by atoms with van der Waals surface area (Å²) in [6.07, 6.45) is 0.988. The van der Waals surface area contributed by atoms with Crippen molar-refractivity contribution < 1.29 is 9.59 Å². The number of carbonyl (C=O) groups excluding carboxylic acids is 2. The molecule has 21 heavy (non-hydrogen) atoms. The molecule has 1 aromatic heterocycles. The fourth-order valence-corrected chi connectivity index (χ4v) is 2.36. The highest BCUT2D eigenvalue weighted by molar-refractivity contribution is 5.98. The molecule has 114 valence electrons. The summed E-state index contributed by atoms with van der Waals surface area (Å²) >= 11 is 0. The van der Waals surface area contributed by atoms with E-state index in [1.807, 2.05) is 6.92 Å². The summed E-state index contributed by atoms with van der Waals surface area (Å²) in [5, 5.41) is 5.95. The van der Waals surface area contributed by atoms with Gasteiger partial charge in [-0.1, -0.05) is 6.92 Å². The van der Waals surface area contributed by atoms with Gasteiger partial charge in [-0.25, -0.2) is 4.98 Å². The van der Waals surface area contributed by atoms with E-state index in [9.17, 15) is 9.59 Å². The Balaban J connectivity index is 2.21. The smallest absolute Gasteiger partial charge is 0.254 e. The van der Waals surface area contributed by atoms with Crippen LogP contribution in [0, 0.1) is 6.92 Å². The maximum atomic E-state index is 12.6. The number of piperazine rings is 1. The SMILES string of the molecule is CCCNc1cc(C(=O)N2CCNC(=O)C2C)cc(C)n1. The molecule has 2 heterocycles. The summed E-state index contributed by atoms with van der Waals surface area (Å²) in [5.74, 6) is 0.474. The highest BCUT2D eigenvalue weighted by Crippen LogP contribution is 2.15. The molecule has 0 radical (unpaired) electrons. The predicted molar refractivity (Wildman–Crippen MR) is 81.3 cm³/mol. The quantitative estimate of drug-likeness (QED) is 0.873. The Morgan fingerprint density at radius 2 is 2.29 bits per heavy atom. The molecule has 0 spiro atoms. The van der Waals surface area contributed by atoms with Crippen LogP contribution in [0.15, 0.2) is 12.1 Å². The first-order valence-electron chi connectivity index (χ1n) is 7.34. The summed E-state index contributed by atoms with van der Waals surface area (Å²) in [6, 6.07) is 3.08. The minimum absolute atomic E-state index is 0.107. The van der Waals surface area contributed by atoms with Gasteiger partial charge in [-0.3, -0.25) is 9.59 Å². The number of pyridine rings is 1. The van der Waals surface area contributed by atoms with Crippen LogP contribution in [0.25, 0.3) is 0 Å². The molecule has 1 aliphatic rings. The topological polar surface area (TPSA) is 74.3 Å². The molecule has 1 unspecified atom stereocenters. The van der Waals surface area contributed by atoms with Gasteiger partial charge in [0.05, 0.1) is 0 Å². The maximum Gasteiger partial charge on any atom is 0.254 e. The van der Waals surface area contributed by atoms with Gasteiger partial charge >= 0.3 is 0 Å². The van der Waals surface area contributed by atoms with Gasteiger partial charge in [0.1, 0.15) is 11.9 Å². The lowest BCUT2D eigenvalue weighted by atomic mass is 10.1. The number of anilines is 1. The Bertz CT molecular complexity index is 544. The van der Waals surface area contributed by atoms with Gasteiger partial charge in [0.15, 0.2) is 0 Å². The zero-order valence-electron chi connectivity index (χ0n) is 12.8. The second-order valence-corrected chi connectivity index (χ2v) is 5.27. The number of hydrogen-bond acceptors (Lipinski definition) is 4. The minimum atomic E-state index is -0.438. The van der Waals surface area contributed by atoms with Crippen LogP contribution in [0.2, 0.25) is 0 Å². The third kappa shape index (κ3) is 3.51. The van der Waals surface area contributed by atoms with Crippen LogP contribution >= 0.6 is 0 Å². The fourth-order valence-electron chi connectivity index (χ4n) is 2.36. The summed E-state index contributed by atoms with van der Waals surface area (Å²) < 4.78 is 0. The molecule has 2 N–H and O–H groups in total. The lowest BCUT2D eigenvalue weighted by molar-refractivity contribution is -0.127. The molecule has 6 nitrogen and oxygen atoms in total. The number of amides is 2. The third-order valence-electron chi connectivity index (χ3n) is 3.52. The lowest BCUT2D eigenvalue weighted by Crippen LogP contribution is -2.55. The number of aromatic nitrogens is 1. The molecule has 1 fully saturated rings. The maximum absolute atomic E-state index is 12.6. The van der Waals surface area contributed by atoms with Crippen LogP contribution in [-0.2, 0) is 4.79 Å². The number of nitrogens with one attached hydrogen (secondary N) is 2. The third-order valence-corrected chi connectivity index (χ3v) is 3.52. The van der Waals surface area contributed by atoms with Crippen LogP contribution in [-0.4, -0.2) is 47.4 Å². The van der Waals surface area contributed by atoms with E-state index < -0.39 is 6.04 Å². The number of rotatable bonds is 4. The largest absolute Gasteiger partial charge is 0.370 e. The average Bonchev–Trinajstić information content (AvgIpc) is 2.46. The molecule has 1 atom stereocenters. The van der Waals surface area contributed by atoms with Gasteiger partial charge in [0, 0.05) is 30.9 Å². The molecular formula is C15H22N4O2. The zero-order valence-corrected chi connectivity index (χ0v) is 12.8. The number of carbonyl (C=O) groups is 2. The molecule has 6 heteroatoms. The molecule has 2 amide bonds. The number of nitrogens with zero attached hydrogens (tertiary/aromatic N) is 2. The predicted octanol–water partition coefficient (Wildman–Crippen LogP) is 1.17. The first kappa shape index (κ1) is 15.3. The zero-order chi connectivity index (χ0) is 15.4. The minimum Gasteiger partial charge on any atom is -0.370 e. The van der Waals surface area contributed by atoms with E-state index in [-0.39, 0.29) is 11.8 Å². The molecule has 1 aliphatic heterocycles. The monoisotopic (exact) mass is 290 g/mol. The van der Waals surface area contributed by atoms with Gasteiger partial charge in [0.2, 0.25) is 5.91 Å². The molecule has 0 bridgehead atoms. The summed E-state index contributed by atoms with van der Waals surface area (Å²) in [7, 11) is 0. The molecule has 2 rings (SSSR count). The summed E-state index contributed by atoms with van der Waals surface area (Å²) in [5.41, 5.74) is 1.36. The van der Waals surface area contributed by atoms with Crippen molar-refractivity contribution in [1.29, 1.82) is 0 Å². The Morgan fingerprint density at radius 3 is 3.00 bits per heavy atom. The Morgan fingerprint density at radius 1 is 1.52 bits per heavy atom. The highest BCUT2D eigenvalue weighted by Gasteiger charge is 2.30. The first-order valence-corrected chi connectivity index (χ1v) is 7.34. The molecule has 0 aliphatic carbocycles. The van der Waals surface area contributed by atoms with Gasteiger partial charge < -0.3 is 15.5 Å². The van der Waals surface area contributed by atoms with E-state index in [1.54, 1.807) is 24.0 Å². The molecule has 1 saturated heterocycles. The highest BCUT2D eigenvalue weighted by atomic mass is 16.2. The second-order valence-electron chi connectivity index (χ2n) is 5.27. The van der Waals surface area contributed by atoms with Crippen molar-refractivity contribution in [2.45, 2.75) is 33.2 Å². The standard InChI is InChI=1S/C15H22N4O2/c1-4-5-16-13-9-12(8-10(2)18-13)15(21)19-7-6-17-14(20)11(19)3/h8-9,11H,4-7H2,1-3H3,(H,16,18)(H,17,20). The van der Waals surface area contributed by atoms with Crippen LogP contribution in [0.4, 0.5) is 5.82 Å². The van der Waals surface area contributed by atoms with Crippen molar-refractivity contribution >= 4 is 17.6 Å². The van der Waals surface area contributed by atoms with Crippen molar-refractivity contribution in [2.24, 2.45) is 0 Å². The normalized spacial score (nSPS) is 18.3. The van der Waals surface area contributed by atoms with Crippen molar-refractivity contribution in [3.63, 3.8) is 0 Å². The molecule has 0 aromatic carbocycles.